The fourth-order valence-corrected chi connectivity index (χ4v) is 7.92. The summed E-state index contributed by atoms with van der Waals surface area (Å²) in [6.45, 7) is 3.35. The van der Waals surface area contributed by atoms with Crippen LogP contribution >= 0.6 is 11.3 Å². The van der Waals surface area contributed by atoms with Gasteiger partial charge in [0, 0.05) is 55.4 Å². The molecule has 2 saturated heterocycles. The van der Waals surface area contributed by atoms with Gasteiger partial charge in [0.2, 0.25) is 17.7 Å². The average Bonchev–Trinajstić information content (AvgIpc) is 3.83. The molecule has 4 aromatic rings. The van der Waals surface area contributed by atoms with Gasteiger partial charge in [0.15, 0.2) is 0 Å². The van der Waals surface area contributed by atoms with Crippen LogP contribution in [0.5, 0.6) is 0 Å². The second-order valence-electron chi connectivity index (χ2n) is 12.6. The van der Waals surface area contributed by atoms with Crippen molar-refractivity contribution in [2.24, 2.45) is 0 Å². The minimum atomic E-state index is -3.03. The Kier molecular flexibility index (Phi) is 7.81. The number of thiophene rings is 1. The van der Waals surface area contributed by atoms with Crippen molar-refractivity contribution >= 4 is 45.1 Å². The van der Waals surface area contributed by atoms with Gasteiger partial charge < -0.3 is 20.0 Å². The monoisotopic (exact) mass is 660 g/mol. The molecule has 47 heavy (non-hydrogen) atoms. The van der Waals surface area contributed by atoms with E-state index in [-0.39, 0.29) is 34.8 Å². The van der Waals surface area contributed by atoms with Gasteiger partial charge in [0.25, 0.3) is 11.8 Å². The average molecular weight is 661 g/mol. The Morgan fingerprint density at radius 2 is 1.79 bits per heavy atom. The summed E-state index contributed by atoms with van der Waals surface area (Å²) in [6, 6.07) is 13.4. The highest BCUT2D eigenvalue weighted by Crippen LogP contribution is 2.35. The molecule has 10 nitrogen and oxygen atoms in total. The third-order valence-electron chi connectivity index (χ3n) is 9.44. The number of hydrogen-bond acceptors (Lipinski definition) is 6. The van der Waals surface area contributed by atoms with E-state index in [9.17, 15) is 28.0 Å². The maximum atomic E-state index is 14.3. The Bertz CT molecular complexity index is 1890. The molecule has 5 heterocycles. The molecule has 0 aliphatic carbocycles. The molecule has 3 atom stereocenters. The molecule has 0 bridgehead atoms. The van der Waals surface area contributed by atoms with Gasteiger partial charge in [-0.05, 0) is 55.0 Å². The molecule has 2 fully saturated rings. The van der Waals surface area contributed by atoms with Crippen molar-refractivity contribution in [1.82, 2.24) is 29.8 Å². The normalized spacial score (nSPS) is 21.4. The molecule has 0 saturated carbocycles. The molecule has 3 aliphatic rings. The van der Waals surface area contributed by atoms with Crippen LogP contribution in [0.25, 0.3) is 15.8 Å². The highest BCUT2D eigenvalue weighted by molar-refractivity contribution is 7.20. The quantitative estimate of drug-likeness (QED) is 0.341. The molecule has 2 aromatic carbocycles. The van der Waals surface area contributed by atoms with E-state index in [0.717, 1.165) is 35.2 Å². The van der Waals surface area contributed by atoms with Crippen molar-refractivity contribution in [2.75, 3.05) is 13.1 Å². The van der Waals surface area contributed by atoms with Crippen molar-refractivity contribution in [3.63, 3.8) is 0 Å². The van der Waals surface area contributed by atoms with Crippen LogP contribution in [0.2, 0.25) is 0 Å². The molecule has 7 rings (SSSR count). The summed E-state index contributed by atoms with van der Waals surface area (Å²) < 4.78 is 30.4. The van der Waals surface area contributed by atoms with Gasteiger partial charge in [0.05, 0.1) is 29.0 Å². The molecule has 4 amide bonds. The Morgan fingerprint density at radius 1 is 1.00 bits per heavy atom. The smallest absolute Gasteiger partial charge is 0.270 e. The van der Waals surface area contributed by atoms with E-state index in [2.05, 4.69) is 10.4 Å². The Morgan fingerprint density at radius 3 is 2.53 bits per heavy atom. The first-order chi connectivity index (χ1) is 22.5. The van der Waals surface area contributed by atoms with Crippen molar-refractivity contribution in [3.05, 3.63) is 82.5 Å². The summed E-state index contributed by atoms with van der Waals surface area (Å²) in [5, 5.41) is 7.84. The molecule has 1 N–H and O–H groups in total. The number of benzene rings is 2. The van der Waals surface area contributed by atoms with E-state index >= 15 is 0 Å². The molecular formula is C34H34F2N6O4S. The van der Waals surface area contributed by atoms with E-state index in [1.165, 1.54) is 25.1 Å². The summed E-state index contributed by atoms with van der Waals surface area (Å²) >= 11 is 1.14. The highest BCUT2D eigenvalue weighted by atomic mass is 32.1. The van der Waals surface area contributed by atoms with Gasteiger partial charge in [0.1, 0.15) is 12.1 Å². The predicted molar refractivity (Wildman–Crippen MR) is 171 cm³/mol. The van der Waals surface area contributed by atoms with Gasteiger partial charge in [-0.25, -0.2) is 13.5 Å². The Hall–Kier alpha value is -4.65. The van der Waals surface area contributed by atoms with Crippen molar-refractivity contribution < 1.29 is 28.0 Å². The zero-order chi connectivity index (χ0) is 33.0. The maximum Gasteiger partial charge on any atom is 0.270 e. The van der Waals surface area contributed by atoms with E-state index in [4.69, 9.17) is 0 Å². The van der Waals surface area contributed by atoms with Gasteiger partial charge in [-0.1, -0.05) is 24.3 Å². The van der Waals surface area contributed by atoms with Crippen LogP contribution in [0.3, 0.4) is 0 Å². The van der Waals surface area contributed by atoms with Crippen molar-refractivity contribution in [1.29, 1.82) is 0 Å². The number of para-hydroxylation sites is 1. The van der Waals surface area contributed by atoms with E-state index in [0.29, 0.717) is 49.0 Å². The number of carbonyl (C=O) groups is 4. The second-order valence-corrected chi connectivity index (χ2v) is 13.7. The third kappa shape index (κ3) is 5.77. The number of halogens is 2. The summed E-state index contributed by atoms with van der Waals surface area (Å²) in [4.78, 5) is 59.6. The van der Waals surface area contributed by atoms with Crippen molar-refractivity contribution in [3.8, 4) is 5.69 Å². The number of amides is 4. The zero-order valence-electron chi connectivity index (χ0n) is 26.0. The van der Waals surface area contributed by atoms with Crippen LogP contribution < -0.4 is 5.32 Å². The molecule has 3 aliphatic heterocycles. The zero-order valence-corrected chi connectivity index (χ0v) is 26.8. The number of carbonyl (C=O) groups excluding carboxylic acids is 4. The van der Waals surface area contributed by atoms with E-state index in [1.54, 1.807) is 27.0 Å². The first-order valence-corrected chi connectivity index (χ1v) is 16.5. The fourth-order valence-electron chi connectivity index (χ4n) is 6.98. The van der Waals surface area contributed by atoms with E-state index in [1.807, 2.05) is 35.0 Å². The maximum absolute atomic E-state index is 14.3. The largest absolute Gasteiger partial charge is 0.340 e. The molecule has 13 heteroatoms. The number of aromatic nitrogens is 2. The summed E-state index contributed by atoms with van der Waals surface area (Å²) in [6.07, 6.45) is 3.39. The van der Waals surface area contributed by atoms with Gasteiger partial charge in [-0.3, -0.25) is 19.2 Å². The summed E-state index contributed by atoms with van der Waals surface area (Å²) in [7, 11) is 0. The highest BCUT2D eigenvalue weighted by Gasteiger charge is 2.47. The molecule has 0 spiro atoms. The number of fused-ring (bicyclic) bond motifs is 3. The lowest BCUT2D eigenvalue weighted by Crippen LogP contribution is -2.61. The van der Waals surface area contributed by atoms with Crippen LogP contribution in [0.4, 0.5) is 8.78 Å². The SMILES string of the molecule is CC(=O)N1CC[C@H]2CC[C@@H](C(=O)N3Cc4cnn(-c5ccccc5)c4C3)N2C(=O)C(NC(=O)c2cc3cc(C(C)(F)F)ccc3s2)C1. The summed E-state index contributed by atoms with van der Waals surface area (Å²) in [5.74, 6) is -4.35. The van der Waals surface area contributed by atoms with Gasteiger partial charge in [-0.2, -0.15) is 5.10 Å². The van der Waals surface area contributed by atoms with Crippen LogP contribution in [0, 0.1) is 0 Å². The molecular weight excluding hydrogens is 626 g/mol. The minimum absolute atomic E-state index is 0.0385. The lowest BCUT2D eigenvalue weighted by Gasteiger charge is -2.39. The first-order valence-electron chi connectivity index (χ1n) is 15.7. The van der Waals surface area contributed by atoms with Gasteiger partial charge in [-0.15, -0.1) is 11.3 Å². The molecule has 2 aromatic heterocycles. The third-order valence-corrected chi connectivity index (χ3v) is 10.6. The fraction of sp³-hybridized carbons (Fsp3) is 0.382. The molecule has 0 radical (unpaired) electrons. The topological polar surface area (TPSA) is 108 Å². The number of rotatable bonds is 5. The number of nitrogens with one attached hydrogen (secondary N) is 1. The lowest BCUT2D eigenvalue weighted by atomic mass is 10.1. The van der Waals surface area contributed by atoms with Gasteiger partial charge >= 0.3 is 0 Å². The predicted octanol–water partition coefficient (Wildman–Crippen LogP) is 4.45. The number of hydrogen-bond donors (Lipinski definition) is 1. The van der Waals surface area contributed by atoms with Crippen LogP contribution in [-0.4, -0.2) is 79.3 Å². The standard InChI is InChI=1S/C34H34F2N6O4S/c1-20(43)39-13-12-24-9-10-27(33(46)40-17-22-16-37-42(28(22)19-40)25-6-4-3-5-7-25)41(24)32(45)26(18-39)38-31(44)30-15-21-14-23(34(2,35)36)8-11-29(21)47-30/h3-8,11,14-16,24,26-27H,9-10,12-13,17-19H2,1-2H3,(H,38,44)/t24-,26?,27+/m1/s1. The number of alkyl halides is 2. The van der Waals surface area contributed by atoms with E-state index < -0.39 is 29.8 Å². The minimum Gasteiger partial charge on any atom is -0.340 e. The van der Waals surface area contributed by atoms with Crippen molar-refractivity contribution in [2.45, 2.75) is 70.2 Å². The number of nitrogens with zero attached hydrogens (tertiary/aromatic N) is 5. The Balaban J connectivity index is 1.12. The van der Waals surface area contributed by atoms with Crippen LogP contribution in [0.15, 0.2) is 60.8 Å². The summed E-state index contributed by atoms with van der Waals surface area (Å²) in [5.41, 5.74) is 2.63. The first kappa shape index (κ1) is 31.0. The van der Waals surface area contributed by atoms with Crippen LogP contribution in [-0.2, 0) is 33.4 Å². The van der Waals surface area contributed by atoms with Crippen LogP contribution in [0.1, 0.15) is 59.6 Å². The Labute approximate surface area is 273 Å². The molecule has 1 unspecified atom stereocenters. The lowest BCUT2D eigenvalue weighted by molar-refractivity contribution is -0.149. The molecule has 244 valence electrons. The second kappa shape index (κ2) is 11.9.